The van der Waals surface area contributed by atoms with Crippen LogP contribution in [0.25, 0.3) is 5.69 Å². The van der Waals surface area contributed by atoms with Gasteiger partial charge in [0, 0.05) is 12.6 Å². The van der Waals surface area contributed by atoms with Crippen molar-refractivity contribution < 1.29 is 5.11 Å². The van der Waals surface area contributed by atoms with Crippen molar-refractivity contribution >= 4 is 0 Å². The molecule has 0 atom stereocenters. The fraction of sp³-hybridized carbons (Fsp3) is 0.286. The maximum atomic E-state index is 11.9. The van der Waals surface area contributed by atoms with Crippen LogP contribution in [-0.2, 0) is 6.54 Å². The third-order valence-electron chi connectivity index (χ3n) is 2.77. The smallest absolute Gasteiger partial charge is 0.275 e. The van der Waals surface area contributed by atoms with Gasteiger partial charge in [-0.15, -0.1) is 0 Å². The summed E-state index contributed by atoms with van der Waals surface area (Å²) in [5.74, 6) is -0.0742. The molecule has 0 aliphatic rings. The van der Waals surface area contributed by atoms with Crippen molar-refractivity contribution in [3.05, 3.63) is 51.9 Å². The van der Waals surface area contributed by atoms with Gasteiger partial charge in [0.25, 0.3) is 5.56 Å². The van der Waals surface area contributed by atoms with E-state index in [4.69, 9.17) is 0 Å². The Hall–Kier alpha value is -2.14. The second-order valence-electron chi connectivity index (χ2n) is 4.35. The first-order valence-electron chi connectivity index (χ1n) is 6.22. The maximum absolute atomic E-state index is 11.9. The van der Waals surface area contributed by atoms with E-state index in [1.165, 1.54) is 10.7 Å². The Morgan fingerprint density at radius 1 is 1.37 bits per heavy atom. The number of rotatable bonds is 4. The van der Waals surface area contributed by atoms with Crippen molar-refractivity contribution in [3.8, 4) is 11.4 Å². The van der Waals surface area contributed by atoms with Crippen molar-refractivity contribution in [2.45, 2.75) is 20.4 Å². The van der Waals surface area contributed by atoms with Crippen LogP contribution in [0.4, 0.5) is 0 Å². The summed E-state index contributed by atoms with van der Waals surface area (Å²) in [6.45, 7) is 5.11. The highest BCUT2D eigenvalue weighted by atomic mass is 16.3. The highest BCUT2D eigenvalue weighted by Crippen LogP contribution is 2.13. The number of nitrogens with zero attached hydrogens (tertiary/aromatic N) is 2. The zero-order valence-corrected chi connectivity index (χ0v) is 11.1. The number of hydrogen-bond acceptors (Lipinski definition) is 4. The fourth-order valence-corrected chi connectivity index (χ4v) is 1.80. The number of hydrogen-bond donors (Lipinski definition) is 2. The first-order chi connectivity index (χ1) is 9.11. The zero-order chi connectivity index (χ0) is 13.8. The fourth-order valence-electron chi connectivity index (χ4n) is 1.80. The van der Waals surface area contributed by atoms with Crippen LogP contribution in [0.15, 0.2) is 35.1 Å². The van der Waals surface area contributed by atoms with Gasteiger partial charge in [0.1, 0.15) is 11.4 Å². The molecular formula is C14H17N3O2. The molecule has 100 valence electrons. The normalized spacial score (nSPS) is 10.6. The Bertz CT molecular complexity index is 635. The van der Waals surface area contributed by atoms with E-state index in [2.05, 4.69) is 10.4 Å². The quantitative estimate of drug-likeness (QED) is 0.870. The van der Waals surface area contributed by atoms with Crippen molar-refractivity contribution in [2.24, 2.45) is 0 Å². The Kier molecular flexibility index (Phi) is 3.97. The van der Waals surface area contributed by atoms with Crippen LogP contribution < -0.4 is 10.9 Å². The predicted molar refractivity (Wildman–Crippen MR) is 73.6 cm³/mol. The Balaban J connectivity index is 2.48. The van der Waals surface area contributed by atoms with E-state index >= 15 is 0 Å². The van der Waals surface area contributed by atoms with Crippen molar-refractivity contribution in [1.82, 2.24) is 15.1 Å². The molecule has 0 saturated heterocycles. The molecule has 0 fully saturated rings. The number of benzene rings is 1. The molecule has 0 radical (unpaired) electrons. The summed E-state index contributed by atoms with van der Waals surface area (Å²) in [5.41, 5.74) is 1.86. The average Bonchev–Trinajstić information content (AvgIpc) is 2.38. The molecular weight excluding hydrogens is 242 g/mol. The molecule has 0 amide bonds. The van der Waals surface area contributed by atoms with Crippen LogP contribution in [0.2, 0.25) is 0 Å². The molecule has 0 aliphatic carbocycles. The lowest BCUT2D eigenvalue weighted by molar-refractivity contribution is 0.452. The number of aryl methyl sites for hydroxylation is 1. The topological polar surface area (TPSA) is 67.2 Å². The highest BCUT2D eigenvalue weighted by molar-refractivity contribution is 5.36. The maximum Gasteiger partial charge on any atom is 0.275 e. The molecule has 2 rings (SSSR count). The van der Waals surface area contributed by atoms with Gasteiger partial charge in [-0.25, -0.2) is 0 Å². The SMILES string of the molecule is CCNCc1nn(-c2cccc(C)c2)c(=O)cc1O. The minimum absolute atomic E-state index is 0.0742. The molecule has 0 unspecified atom stereocenters. The Labute approximate surface area is 111 Å². The van der Waals surface area contributed by atoms with Crippen molar-refractivity contribution in [3.63, 3.8) is 0 Å². The second-order valence-corrected chi connectivity index (χ2v) is 4.35. The minimum atomic E-state index is -0.344. The van der Waals surface area contributed by atoms with Gasteiger partial charge in [-0.05, 0) is 31.2 Å². The Morgan fingerprint density at radius 3 is 2.84 bits per heavy atom. The van der Waals surface area contributed by atoms with Gasteiger partial charge in [-0.1, -0.05) is 19.1 Å². The van der Waals surface area contributed by atoms with Crippen molar-refractivity contribution in [2.75, 3.05) is 6.54 Å². The van der Waals surface area contributed by atoms with E-state index in [1.54, 1.807) is 0 Å². The predicted octanol–water partition coefficient (Wildman–Crippen LogP) is 1.36. The lowest BCUT2D eigenvalue weighted by Gasteiger charge is -2.09. The largest absolute Gasteiger partial charge is 0.506 e. The van der Waals surface area contributed by atoms with Crippen LogP contribution in [0.5, 0.6) is 5.75 Å². The van der Waals surface area contributed by atoms with Gasteiger partial charge in [0.05, 0.1) is 5.69 Å². The molecule has 19 heavy (non-hydrogen) atoms. The third kappa shape index (κ3) is 3.00. The van der Waals surface area contributed by atoms with Crippen LogP contribution in [0.3, 0.4) is 0 Å². The number of aromatic hydroxyl groups is 1. The Morgan fingerprint density at radius 2 is 2.16 bits per heavy atom. The summed E-state index contributed by atoms with van der Waals surface area (Å²) in [4.78, 5) is 11.9. The van der Waals surface area contributed by atoms with Crippen LogP contribution in [-0.4, -0.2) is 21.4 Å². The molecule has 5 heteroatoms. The molecule has 1 aromatic heterocycles. The van der Waals surface area contributed by atoms with Gasteiger partial charge in [-0.3, -0.25) is 4.79 Å². The third-order valence-corrected chi connectivity index (χ3v) is 2.77. The summed E-state index contributed by atoms with van der Waals surface area (Å²) in [5, 5.41) is 17.0. The minimum Gasteiger partial charge on any atom is -0.506 e. The molecule has 1 heterocycles. The summed E-state index contributed by atoms with van der Waals surface area (Å²) in [6.07, 6.45) is 0. The van der Waals surface area contributed by atoms with Crippen LogP contribution in [0.1, 0.15) is 18.2 Å². The van der Waals surface area contributed by atoms with E-state index < -0.39 is 0 Å². The van der Waals surface area contributed by atoms with Gasteiger partial charge in [0.15, 0.2) is 0 Å². The van der Waals surface area contributed by atoms with Gasteiger partial charge < -0.3 is 10.4 Å². The molecule has 0 spiro atoms. The van der Waals surface area contributed by atoms with E-state index in [0.717, 1.165) is 12.1 Å². The molecule has 2 N–H and O–H groups in total. The number of nitrogens with one attached hydrogen (secondary N) is 1. The average molecular weight is 259 g/mol. The summed E-state index contributed by atoms with van der Waals surface area (Å²) < 4.78 is 1.30. The van der Waals surface area contributed by atoms with Crippen LogP contribution in [0, 0.1) is 6.92 Å². The zero-order valence-electron chi connectivity index (χ0n) is 11.1. The van der Waals surface area contributed by atoms with E-state index in [1.807, 2.05) is 38.1 Å². The first-order valence-corrected chi connectivity index (χ1v) is 6.22. The van der Waals surface area contributed by atoms with Gasteiger partial charge >= 0.3 is 0 Å². The van der Waals surface area contributed by atoms with E-state index in [9.17, 15) is 9.90 Å². The molecule has 2 aromatic rings. The number of aromatic nitrogens is 2. The molecule has 0 bridgehead atoms. The lowest BCUT2D eigenvalue weighted by Crippen LogP contribution is -2.24. The van der Waals surface area contributed by atoms with Crippen LogP contribution >= 0.6 is 0 Å². The lowest BCUT2D eigenvalue weighted by atomic mass is 10.2. The summed E-state index contributed by atoms with van der Waals surface area (Å²) >= 11 is 0. The summed E-state index contributed by atoms with van der Waals surface area (Å²) in [6, 6.07) is 8.71. The molecule has 0 aliphatic heterocycles. The molecule has 5 nitrogen and oxygen atoms in total. The van der Waals surface area contributed by atoms with Crippen molar-refractivity contribution in [1.29, 1.82) is 0 Å². The molecule has 0 saturated carbocycles. The second kappa shape index (κ2) is 5.67. The van der Waals surface area contributed by atoms with E-state index in [-0.39, 0.29) is 11.3 Å². The first kappa shape index (κ1) is 13.3. The molecule has 1 aromatic carbocycles. The van der Waals surface area contributed by atoms with E-state index in [0.29, 0.717) is 17.9 Å². The highest BCUT2D eigenvalue weighted by Gasteiger charge is 2.09. The monoisotopic (exact) mass is 259 g/mol. The van der Waals surface area contributed by atoms with Gasteiger partial charge in [-0.2, -0.15) is 9.78 Å². The van der Waals surface area contributed by atoms with Gasteiger partial charge in [0.2, 0.25) is 0 Å². The summed E-state index contributed by atoms with van der Waals surface area (Å²) in [7, 11) is 0. The standard InChI is InChI=1S/C14H17N3O2/c1-3-15-9-12-13(18)8-14(19)17(16-12)11-6-4-5-10(2)7-11/h4-8,15,18H,3,9H2,1-2H3.